The number of carboxylic acid groups (broad SMARTS) is 1. The maximum absolute atomic E-state index is 10.8. The zero-order valence-corrected chi connectivity index (χ0v) is 14.8. The van der Waals surface area contributed by atoms with E-state index in [1.807, 2.05) is 26.1 Å². The standard InChI is InChI=1S/C19H25N3O2/c1-12(2)21-19(8-5-9-19)18-20-15-10-13(3)14(6-7-17(23)24)11-16(15)22(18)4/h6-7,10-12,21H,5,8-9H2,1-4H3,(H,23,24)/b7-6+. The minimum atomic E-state index is -0.935. The first kappa shape index (κ1) is 16.7. The van der Waals surface area contributed by atoms with Gasteiger partial charge in [-0.2, -0.15) is 0 Å². The van der Waals surface area contributed by atoms with Gasteiger partial charge in [0, 0.05) is 19.2 Å². The number of aromatic nitrogens is 2. The summed E-state index contributed by atoms with van der Waals surface area (Å²) in [5, 5.41) is 12.6. The summed E-state index contributed by atoms with van der Waals surface area (Å²) in [6.07, 6.45) is 6.25. The largest absolute Gasteiger partial charge is 0.478 e. The molecule has 128 valence electrons. The van der Waals surface area contributed by atoms with Crippen LogP contribution in [-0.2, 0) is 17.4 Å². The number of hydrogen-bond acceptors (Lipinski definition) is 3. The molecule has 1 fully saturated rings. The van der Waals surface area contributed by atoms with Gasteiger partial charge in [-0.1, -0.05) is 0 Å². The fourth-order valence-corrected chi connectivity index (χ4v) is 3.64. The second-order valence-electron chi connectivity index (χ2n) is 7.10. The van der Waals surface area contributed by atoms with E-state index < -0.39 is 5.97 Å². The van der Waals surface area contributed by atoms with Gasteiger partial charge in [0.25, 0.3) is 0 Å². The lowest BCUT2D eigenvalue weighted by molar-refractivity contribution is -0.131. The lowest BCUT2D eigenvalue weighted by atomic mass is 9.75. The van der Waals surface area contributed by atoms with Gasteiger partial charge in [0.15, 0.2) is 0 Å². The van der Waals surface area contributed by atoms with Gasteiger partial charge in [-0.05, 0) is 69.4 Å². The molecule has 24 heavy (non-hydrogen) atoms. The molecule has 0 atom stereocenters. The number of nitrogens with one attached hydrogen (secondary N) is 1. The summed E-state index contributed by atoms with van der Waals surface area (Å²) in [5.41, 5.74) is 3.92. The van der Waals surface area contributed by atoms with E-state index in [4.69, 9.17) is 10.1 Å². The molecule has 1 aromatic carbocycles. The molecule has 0 saturated heterocycles. The highest BCUT2D eigenvalue weighted by atomic mass is 16.4. The first-order chi connectivity index (χ1) is 11.3. The van der Waals surface area contributed by atoms with E-state index in [9.17, 15) is 4.79 Å². The van der Waals surface area contributed by atoms with Crippen LogP contribution in [0, 0.1) is 6.92 Å². The van der Waals surface area contributed by atoms with E-state index in [0.29, 0.717) is 6.04 Å². The van der Waals surface area contributed by atoms with Crippen LogP contribution < -0.4 is 5.32 Å². The minimum Gasteiger partial charge on any atom is -0.478 e. The molecular formula is C19H25N3O2. The van der Waals surface area contributed by atoms with Crippen molar-refractivity contribution in [1.29, 1.82) is 0 Å². The second-order valence-corrected chi connectivity index (χ2v) is 7.10. The number of nitrogens with zero attached hydrogens (tertiary/aromatic N) is 2. The normalized spacial score (nSPS) is 16.9. The molecule has 1 saturated carbocycles. The molecular weight excluding hydrogens is 302 g/mol. The van der Waals surface area contributed by atoms with Gasteiger partial charge < -0.3 is 15.0 Å². The van der Waals surface area contributed by atoms with Crippen LogP contribution >= 0.6 is 0 Å². The van der Waals surface area contributed by atoms with Crippen LogP contribution in [0.5, 0.6) is 0 Å². The van der Waals surface area contributed by atoms with E-state index in [-0.39, 0.29) is 5.54 Å². The summed E-state index contributed by atoms with van der Waals surface area (Å²) >= 11 is 0. The van der Waals surface area contributed by atoms with Crippen molar-refractivity contribution in [1.82, 2.24) is 14.9 Å². The van der Waals surface area contributed by atoms with Crippen LogP contribution in [0.3, 0.4) is 0 Å². The highest BCUT2D eigenvalue weighted by molar-refractivity contribution is 5.88. The lowest BCUT2D eigenvalue weighted by Crippen LogP contribution is -2.52. The number of carbonyl (C=O) groups is 1. The summed E-state index contributed by atoms with van der Waals surface area (Å²) in [6, 6.07) is 4.48. The molecule has 0 amide bonds. The Kier molecular flexibility index (Phi) is 4.22. The molecule has 1 heterocycles. The fourth-order valence-electron chi connectivity index (χ4n) is 3.64. The van der Waals surface area contributed by atoms with Crippen LogP contribution in [0.2, 0.25) is 0 Å². The number of aryl methyl sites for hydroxylation is 2. The number of aliphatic carboxylic acids is 1. The SMILES string of the molecule is Cc1cc2nc(C3(NC(C)C)CCC3)n(C)c2cc1/C=C/C(=O)O. The molecule has 0 aliphatic heterocycles. The highest BCUT2D eigenvalue weighted by Gasteiger charge is 2.42. The predicted molar refractivity (Wildman–Crippen MR) is 95.9 cm³/mol. The Morgan fingerprint density at radius 3 is 2.67 bits per heavy atom. The van der Waals surface area contributed by atoms with Crippen molar-refractivity contribution in [3.05, 3.63) is 35.2 Å². The van der Waals surface area contributed by atoms with E-state index in [1.54, 1.807) is 6.08 Å². The first-order valence-electron chi connectivity index (χ1n) is 8.49. The maximum atomic E-state index is 10.8. The summed E-state index contributed by atoms with van der Waals surface area (Å²) in [6.45, 7) is 6.32. The van der Waals surface area contributed by atoms with Gasteiger partial charge in [0.05, 0.1) is 16.6 Å². The Morgan fingerprint density at radius 1 is 1.42 bits per heavy atom. The third kappa shape index (κ3) is 2.84. The number of rotatable bonds is 5. The van der Waals surface area contributed by atoms with Gasteiger partial charge >= 0.3 is 5.97 Å². The molecule has 2 aromatic rings. The van der Waals surface area contributed by atoms with E-state index in [2.05, 4.69) is 23.7 Å². The lowest BCUT2D eigenvalue weighted by Gasteiger charge is -2.43. The first-order valence-corrected chi connectivity index (χ1v) is 8.49. The van der Waals surface area contributed by atoms with Crippen molar-refractivity contribution in [3.8, 4) is 0 Å². The molecule has 5 heteroatoms. The van der Waals surface area contributed by atoms with Crippen molar-refractivity contribution < 1.29 is 9.90 Å². The Balaban J connectivity index is 2.09. The van der Waals surface area contributed by atoms with Crippen molar-refractivity contribution in [3.63, 3.8) is 0 Å². The predicted octanol–water partition coefficient (Wildman–Crippen LogP) is 3.36. The molecule has 0 spiro atoms. The number of fused-ring (bicyclic) bond motifs is 1. The van der Waals surface area contributed by atoms with Crippen LogP contribution in [0.15, 0.2) is 18.2 Å². The zero-order chi connectivity index (χ0) is 17.5. The quantitative estimate of drug-likeness (QED) is 0.827. The monoisotopic (exact) mass is 327 g/mol. The topological polar surface area (TPSA) is 67.2 Å². The Labute approximate surface area is 142 Å². The third-order valence-corrected chi connectivity index (χ3v) is 4.87. The number of carboxylic acids is 1. The molecule has 2 N–H and O–H groups in total. The van der Waals surface area contributed by atoms with E-state index in [0.717, 1.165) is 40.8 Å². The average molecular weight is 327 g/mol. The van der Waals surface area contributed by atoms with E-state index >= 15 is 0 Å². The van der Waals surface area contributed by atoms with Crippen molar-refractivity contribution in [2.45, 2.75) is 51.6 Å². The van der Waals surface area contributed by atoms with Crippen molar-refractivity contribution in [2.24, 2.45) is 7.05 Å². The minimum absolute atomic E-state index is 0.0348. The highest BCUT2D eigenvalue weighted by Crippen LogP contribution is 2.42. The third-order valence-electron chi connectivity index (χ3n) is 4.87. The van der Waals surface area contributed by atoms with Gasteiger partial charge in [-0.15, -0.1) is 0 Å². The molecule has 0 unspecified atom stereocenters. The Hall–Kier alpha value is -2.14. The summed E-state index contributed by atoms with van der Waals surface area (Å²) in [5.74, 6) is 0.144. The molecule has 1 aromatic heterocycles. The summed E-state index contributed by atoms with van der Waals surface area (Å²) in [7, 11) is 2.05. The smallest absolute Gasteiger partial charge is 0.328 e. The Bertz CT molecular complexity index is 814. The molecule has 0 radical (unpaired) electrons. The van der Waals surface area contributed by atoms with Gasteiger partial charge in [-0.25, -0.2) is 9.78 Å². The number of hydrogen-bond donors (Lipinski definition) is 2. The zero-order valence-electron chi connectivity index (χ0n) is 14.8. The summed E-state index contributed by atoms with van der Waals surface area (Å²) < 4.78 is 2.15. The maximum Gasteiger partial charge on any atom is 0.328 e. The number of imidazole rings is 1. The molecule has 1 aliphatic carbocycles. The summed E-state index contributed by atoms with van der Waals surface area (Å²) in [4.78, 5) is 15.7. The van der Waals surface area contributed by atoms with Crippen LogP contribution in [0.1, 0.15) is 50.1 Å². The van der Waals surface area contributed by atoms with Crippen molar-refractivity contribution >= 4 is 23.1 Å². The molecule has 0 bridgehead atoms. The van der Waals surface area contributed by atoms with E-state index in [1.165, 1.54) is 12.5 Å². The van der Waals surface area contributed by atoms with Crippen LogP contribution in [-0.4, -0.2) is 26.7 Å². The van der Waals surface area contributed by atoms with Gasteiger partial charge in [0.2, 0.25) is 0 Å². The molecule has 3 rings (SSSR count). The Morgan fingerprint density at radius 2 is 2.12 bits per heavy atom. The van der Waals surface area contributed by atoms with Crippen LogP contribution in [0.4, 0.5) is 0 Å². The van der Waals surface area contributed by atoms with Gasteiger partial charge in [0.1, 0.15) is 5.82 Å². The number of benzene rings is 1. The van der Waals surface area contributed by atoms with Crippen LogP contribution in [0.25, 0.3) is 17.1 Å². The second kappa shape index (κ2) is 6.06. The molecule has 1 aliphatic rings. The average Bonchev–Trinajstić information content (AvgIpc) is 2.77. The fraction of sp³-hybridized carbons (Fsp3) is 0.474. The van der Waals surface area contributed by atoms with Gasteiger partial charge in [-0.3, -0.25) is 0 Å². The van der Waals surface area contributed by atoms with Crippen molar-refractivity contribution in [2.75, 3.05) is 0 Å². The molecule has 5 nitrogen and oxygen atoms in total.